The van der Waals surface area contributed by atoms with E-state index in [9.17, 15) is 4.79 Å². The maximum absolute atomic E-state index is 11.4. The minimum atomic E-state index is -0.467. The van der Waals surface area contributed by atoms with E-state index in [-0.39, 0.29) is 5.82 Å². The van der Waals surface area contributed by atoms with Gasteiger partial charge in [-0.25, -0.2) is 4.79 Å². The van der Waals surface area contributed by atoms with Crippen LogP contribution in [0.25, 0.3) is 0 Å². The number of allylic oxidation sites excluding steroid dienone is 1. The number of anilines is 2. The minimum absolute atomic E-state index is 0.205. The number of nitrogens with zero attached hydrogens (tertiary/aromatic N) is 1. The van der Waals surface area contributed by atoms with Crippen LogP contribution in [-0.2, 0) is 4.74 Å². The molecule has 5 nitrogen and oxygen atoms in total. The molecule has 0 saturated carbocycles. The Morgan fingerprint density at radius 2 is 2.31 bits per heavy atom. The van der Waals surface area contributed by atoms with E-state index in [0.717, 1.165) is 11.5 Å². The molecular weight excluding hydrogens is 226 g/mol. The number of carbonyl (C=O) groups is 1. The van der Waals surface area contributed by atoms with Gasteiger partial charge in [0.1, 0.15) is 10.6 Å². The zero-order valence-electron chi connectivity index (χ0n) is 9.53. The van der Waals surface area contributed by atoms with Gasteiger partial charge in [0.15, 0.2) is 5.82 Å². The fourth-order valence-corrected chi connectivity index (χ4v) is 1.78. The maximum Gasteiger partial charge on any atom is 0.344 e. The second-order valence-electron chi connectivity index (χ2n) is 3.43. The third-order valence-corrected chi connectivity index (χ3v) is 2.70. The summed E-state index contributed by atoms with van der Waals surface area (Å²) < 4.78 is 8.55. The standard InChI is InChI=1S/C10H15N3O2S/c1-6(2)4-5-12-9-7(10(14)15-3)8(11)13-16-9/h4,12H,5H2,1-3H3,(H2,11,13). The summed E-state index contributed by atoms with van der Waals surface area (Å²) in [7, 11) is 1.32. The number of esters is 1. The van der Waals surface area contributed by atoms with Gasteiger partial charge >= 0.3 is 5.97 Å². The highest BCUT2D eigenvalue weighted by atomic mass is 32.1. The molecule has 1 heterocycles. The molecule has 3 N–H and O–H groups in total. The first-order valence-electron chi connectivity index (χ1n) is 4.77. The topological polar surface area (TPSA) is 77.2 Å². The van der Waals surface area contributed by atoms with E-state index in [2.05, 4.69) is 14.4 Å². The Bertz CT molecular complexity index is 408. The molecule has 0 radical (unpaired) electrons. The highest BCUT2D eigenvalue weighted by Gasteiger charge is 2.19. The van der Waals surface area contributed by atoms with Crippen molar-refractivity contribution in [3.05, 3.63) is 17.2 Å². The summed E-state index contributed by atoms with van der Waals surface area (Å²) in [5, 5.41) is 3.72. The second kappa shape index (κ2) is 5.50. The Kier molecular flexibility index (Phi) is 4.30. The summed E-state index contributed by atoms with van der Waals surface area (Å²) in [5.41, 5.74) is 7.11. The monoisotopic (exact) mass is 241 g/mol. The van der Waals surface area contributed by atoms with Crippen LogP contribution in [0.3, 0.4) is 0 Å². The summed E-state index contributed by atoms with van der Waals surface area (Å²) in [6.45, 7) is 4.64. The summed E-state index contributed by atoms with van der Waals surface area (Å²) in [4.78, 5) is 11.4. The van der Waals surface area contributed by atoms with E-state index in [4.69, 9.17) is 5.73 Å². The Balaban J connectivity index is 2.81. The van der Waals surface area contributed by atoms with E-state index >= 15 is 0 Å². The largest absolute Gasteiger partial charge is 0.465 e. The molecule has 6 heteroatoms. The van der Waals surface area contributed by atoms with Crippen molar-refractivity contribution >= 4 is 28.3 Å². The molecule has 0 aromatic carbocycles. The van der Waals surface area contributed by atoms with E-state index in [1.807, 2.05) is 19.9 Å². The number of ether oxygens (including phenoxy) is 1. The Morgan fingerprint density at radius 1 is 1.62 bits per heavy atom. The number of hydrogen-bond donors (Lipinski definition) is 2. The van der Waals surface area contributed by atoms with Gasteiger partial charge in [-0.2, -0.15) is 4.37 Å². The van der Waals surface area contributed by atoms with Crippen molar-refractivity contribution in [2.24, 2.45) is 0 Å². The molecule has 0 bridgehead atoms. The summed E-state index contributed by atoms with van der Waals surface area (Å²) in [6.07, 6.45) is 2.01. The summed E-state index contributed by atoms with van der Waals surface area (Å²) in [6, 6.07) is 0. The molecule has 0 aliphatic heterocycles. The number of nitrogen functional groups attached to an aromatic ring is 1. The normalized spacial score (nSPS) is 9.69. The molecule has 0 atom stereocenters. The van der Waals surface area contributed by atoms with Gasteiger partial charge in [-0.3, -0.25) is 0 Å². The van der Waals surface area contributed by atoms with Crippen molar-refractivity contribution in [2.75, 3.05) is 24.7 Å². The van der Waals surface area contributed by atoms with Crippen LogP contribution >= 0.6 is 11.5 Å². The average Bonchev–Trinajstić information content (AvgIpc) is 2.58. The molecular formula is C10H15N3O2S. The number of nitrogens with one attached hydrogen (secondary N) is 1. The van der Waals surface area contributed by atoms with Gasteiger partial charge in [0.05, 0.1) is 7.11 Å². The number of aromatic nitrogens is 1. The quantitative estimate of drug-likeness (QED) is 0.621. The first-order chi connectivity index (χ1) is 7.56. The Hall–Kier alpha value is -1.56. The lowest BCUT2D eigenvalue weighted by atomic mass is 10.3. The average molecular weight is 241 g/mol. The minimum Gasteiger partial charge on any atom is -0.465 e. The van der Waals surface area contributed by atoms with Gasteiger partial charge in [-0.1, -0.05) is 11.6 Å². The second-order valence-corrected chi connectivity index (χ2v) is 4.20. The Morgan fingerprint density at radius 3 is 2.88 bits per heavy atom. The molecule has 16 heavy (non-hydrogen) atoms. The van der Waals surface area contributed by atoms with Gasteiger partial charge in [-0.05, 0) is 25.4 Å². The first-order valence-corrected chi connectivity index (χ1v) is 5.54. The van der Waals surface area contributed by atoms with Crippen LogP contribution in [0.2, 0.25) is 0 Å². The molecule has 0 fully saturated rings. The van der Waals surface area contributed by atoms with Crippen molar-refractivity contribution in [1.29, 1.82) is 0 Å². The van der Waals surface area contributed by atoms with E-state index < -0.39 is 5.97 Å². The van der Waals surface area contributed by atoms with Crippen LogP contribution in [0, 0.1) is 0 Å². The third-order valence-electron chi connectivity index (χ3n) is 1.88. The predicted octanol–water partition coefficient (Wildman–Crippen LogP) is 1.89. The zero-order chi connectivity index (χ0) is 12.1. The van der Waals surface area contributed by atoms with Crippen LogP contribution < -0.4 is 11.1 Å². The van der Waals surface area contributed by atoms with Gasteiger partial charge in [0.25, 0.3) is 0 Å². The first kappa shape index (κ1) is 12.5. The lowest BCUT2D eigenvalue weighted by molar-refractivity contribution is 0.0603. The van der Waals surface area contributed by atoms with Crippen LogP contribution in [-0.4, -0.2) is 24.0 Å². The molecule has 0 spiro atoms. The molecule has 1 aromatic heterocycles. The van der Waals surface area contributed by atoms with Crippen molar-refractivity contribution in [3.63, 3.8) is 0 Å². The molecule has 88 valence electrons. The van der Waals surface area contributed by atoms with E-state index in [0.29, 0.717) is 17.1 Å². The molecule has 1 rings (SSSR count). The SMILES string of the molecule is COC(=O)c1c(N)nsc1NCC=C(C)C. The lowest BCUT2D eigenvalue weighted by Crippen LogP contribution is -2.08. The van der Waals surface area contributed by atoms with Crippen molar-refractivity contribution < 1.29 is 9.53 Å². The molecule has 0 aliphatic carbocycles. The fraction of sp³-hybridized carbons (Fsp3) is 0.400. The van der Waals surface area contributed by atoms with Crippen molar-refractivity contribution in [2.45, 2.75) is 13.8 Å². The van der Waals surface area contributed by atoms with Crippen LogP contribution in [0.5, 0.6) is 0 Å². The van der Waals surface area contributed by atoms with Crippen LogP contribution in [0.1, 0.15) is 24.2 Å². The van der Waals surface area contributed by atoms with E-state index in [1.165, 1.54) is 12.7 Å². The molecule has 1 aromatic rings. The number of nitrogens with two attached hydrogens (primary N) is 1. The molecule has 0 saturated heterocycles. The number of hydrogen-bond acceptors (Lipinski definition) is 6. The predicted molar refractivity (Wildman–Crippen MR) is 65.8 cm³/mol. The van der Waals surface area contributed by atoms with Crippen molar-refractivity contribution in [3.8, 4) is 0 Å². The Labute approximate surface area is 98.5 Å². The summed E-state index contributed by atoms with van der Waals surface area (Å²) in [5.74, 6) is -0.262. The highest BCUT2D eigenvalue weighted by molar-refractivity contribution is 7.11. The molecule has 0 aliphatic rings. The lowest BCUT2D eigenvalue weighted by Gasteiger charge is -2.03. The number of carbonyl (C=O) groups excluding carboxylic acids is 1. The molecule has 0 unspecified atom stereocenters. The number of methoxy groups -OCH3 is 1. The van der Waals surface area contributed by atoms with Gasteiger partial charge in [0.2, 0.25) is 0 Å². The summed E-state index contributed by atoms with van der Waals surface area (Å²) >= 11 is 1.16. The van der Waals surface area contributed by atoms with Gasteiger partial charge in [-0.15, -0.1) is 0 Å². The number of rotatable bonds is 4. The van der Waals surface area contributed by atoms with E-state index in [1.54, 1.807) is 0 Å². The van der Waals surface area contributed by atoms with Crippen LogP contribution in [0.4, 0.5) is 10.8 Å². The van der Waals surface area contributed by atoms with Crippen LogP contribution in [0.15, 0.2) is 11.6 Å². The van der Waals surface area contributed by atoms with Gasteiger partial charge < -0.3 is 15.8 Å². The smallest absolute Gasteiger partial charge is 0.344 e. The fourth-order valence-electron chi connectivity index (χ4n) is 1.07. The van der Waals surface area contributed by atoms with Gasteiger partial charge in [0, 0.05) is 6.54 Å². The maximum atomic E-state index is 11.4. The van der Waals surface area contributed by atoms with Crippen molar-refractivity contribution in [1.82, 2.24) is 4.37 Å². The highest BCUT2D eigenvalue weighted by Crippen LogP contribution is 2.27. The third kappa shape index (κ3) is 2.96. The molecule has 0 amide bonds. The zero-order valence-corrected chi connectivity index (χ0v) is 10.4.